The van der Waals surface area contributed by atoms with E-state index in [2.05, 4.69) is 30.9 Å². The Bertz CT molecular complexity index is 1810. The number of alkyl halides is 3. The lowest BCUT2D eigenvalue weighted by Gasteiger charge is -2.28. The Morgan fingerprint density at radius 2 is 1.55 bits per heavy atom. The van der Waals surface area contributed by atoms with Crippen molar-refractivity contribution in [3.05, 3.63) is 110 Å². The summed E-state index contributed by atoms with van der Waals surface area (Å²) >= 11 is 1.34. The van der Waals surface area contributed by atoms with Gasteiger partial charge in [-0.15, -0.1) is 11.3 Å². The number of thiophene rings is 1. The molecule has 0 bridgehead atoms. The highest BCUT2D eigenvalue weighted by Crippen LogP contribution is 2.49. The van der Waals surface area contributed by atoms with E-state index in [9.17, 15) is 29.0 Å². The molecule has 1 unspecified atom stereocenters. The summed E-state index contributed by atoms with van der Waals surface area (Å²) in [7, 11) is 0. The number of nitriles is 3. The molecular formula is C37H33F3N4O2S. The average molecular weight is 655 g/mol. The Kier molecular flexibility index (Phi) is 11.3. The maximum Gasteiger partial charge on any atom is 0.432 e. The Labute approximate surface area is 277 Å². The van der Waals surface area contributed by atoms with E-state index in [1.807, 2.05) is 54.6 Å². The molecule has 0 N–H and O–H groups in total. The van der Waals surface area contributed by atoms with E-state index in [1.165, 1.54) is 29.6 Å². The molecule has 0 spiro atoms. The molecule has 4 rings (SSSR count). The summed E-state index contributed by atoms with van der Waals surface area (Å²) in [5.41, 5.74) is -1.58. The maximum atomic E-state index is 14.2. The number of rotatable bonds is 12. The molecule has 2 aromatic carbocycles. The van der Waals surface area contributed by atoms with E-state index in [0.29, 0.717) is 11.5 Å². The number of halogens is 3. The predicted molar refractivity (Wildman–Crippen MR) is 179 cm³/mol. The van der Waals surface area contributed by atoms with Gasteiger partial charge < -0.3 is 14.4 Å². The summed E-state index contributed by atoms with van der Waals surface area (Å²) in [5, 5.41) is 28.1. The smallest absolute Gasteiger partial charge is 0.432 e. The van der Waals surface area contributed by atoms with Crippen LogP contribution in [0, 0.1) is 34.0 Å². The minimum Gasteiger partial charge on any atom is -0.488 e. The van der Waals surface area contributed by atoms with Gasteiger partial charge in [0.15, 0.2) is 11.3 Å². The third kappa shape index (κ3) is 7.95. The van der Waals surface area contributed by atoms with Crippen LogP contribution in [0.5, 0.6) is 5.75 Å². The zero-order valence-corrected chi connectivity index (χ0v) is 27.1. The molecule has 1 atom stereocenters. The SMILES string of the molecule is CCCN(CCC)c1ccc(/C=C/c2ccc(/C=C/C3=C(C#N)C(=C(C#N)C#N)OC3(C)C(F)(F)F)s2)c(OCc2ccccc2)c1. The Hall–Kier alpha value is -5.24. The highest BCUT2D eigenvalue weighted by atomic mass is 32.1. The van der Waals surface area contributed by atoms with Gasteiger partial charge in [-0.2, -0.15) is 29.0 Å². The van der Waals surface area contributed by atoms with Crippen LogP contribution in [0.1, 0.15) is 54.5 Å². The van der Waals surface area contributed by atoms with Gasteiger partial charge in [0.1, 0.15) is 36.1 Å². The minimum absolute atomic E-state index is 0.406. The maximum absolute atomic E-state index is 14.2. The Balaban J connectivity index is 1.64. The molecule has 1 aromatic heterocycles. The van der Waals surface area contributed by atoms with Crippen LogP contribution in [0.3, 0.4) is 0 Å². The first kappa shape index (κ1) is 34.6. The topological polar surface area (TPSA) is 93.1 Å². The largest absolute Gasteiger partial charge is 0.488 e. The van der Waals surface area contributed by atoms with Crippen LogP contribution in [0.15, 0.2) is 89.2 Å². The van der Waals surface area contributed by atoms with Gasteiger partial charge in [0, 0.05) is 45.7 Å². The molecule has 0 saturated heterocycles. The number of allylic oxidation sites excluding steroid dienone is 2. The molecule has 1 aliphatic heterocycles. The first-order chi connectivity index (χ1) is 22.6. The summed E-state index contributed by atoms with van der Waals surface area (Å²) in [4.78, 5) is 3.81. The molecular weight excluding hydrogens is 621 g/mol. The minimum atomic E-state index is -4.92. The van der Waals surface area contributed by atoms with Gasteiger partial charge >= 0.3 is 6.18 Å². The second-order valence-electron chi connectivity index (χ2n) is 10.9. The fraction of sp³-hybridized carbons (Fsp3) is 0.270. The quantitative estimate of drug-likeness (QED) is 0.181. The third-order valence-electron chi connectivity index (χ3n) is 7.50. The van der Waals surface area contributed by atoms with Gasteiger partial charge in [-0.3, -0.25) is 0 Å². The van der Waals surface area contributed by atoms with Crippen molar-refractivity contribution < 1.29 is 22.6 Å². The molecule has 0 amide bonds. The number of anilines is 1. The lowest BCUT2D eigenvalue weighted by atomic mass is 9.92. The van der Waals surface area contributed by atoms with Crippen molar-refractivity contribution in [1.82, 2.24) is 0 Å². The summed E-state index contributed by atoms with van der Waals surface area (Å²) in [5.74, 6) is 0.0636. The fourth-order valence-electron chi connectivity index (χ4n) is 5.05. The predicted octanol–water partition coefficient (Wildman–Crippen LogP) is 9.61. The monoisotopic (exact) mass is 654 g/mol. The molecule has 0 saturated carbocycles. The lowest BCUT2D eigenvalue weighted by molar-refractivity contribution is -0.236. The molecule has 6 nitrogen and oxygen atoms in total. The fourth-order valence-corrected chi connectivity index (χ4v) is 5.87. The van der Waals surface area contributed by atoms with Crippen LogP contribution < -0.4 is 9.64 Å². The molecule has 10 heteroatoms. The number of benzene rings is 2. The van der Waals surface area contributed by atoms with E-state index in [4.69, 9.17) is 9.47 Å². The van der Waals surface area contributed by atoms with Crippen LogP contribution in [0.25, 0.3) is 18.2 Å². The molecule has 0 radical (unpaired) electrons. The van der Waals surface area contributed by atoms with Crippen molar-refractivity contribution in [2.75, 3.05) is 18.0 Å². The summed E-state index contributed by atoms with van der Waals surface area (Å²) < 4.78 is 53.9. The number of ether oxygens (including phenoxy) is 2. The van der Waals surface area contributed by atoms with Crippen molar-refractivity contribution >= 4 is 35.3 Å². The van der Waals surface area contributed by atoms with Crippen molar-refractivity contribution in [2.45, 2.75) is 52.0 Å². The van der Waals surface area contributed by atoms with Crippen molar-refractivity contribution in [3.8, 4) is 24.0 Å². The van der Waals surface area contributed by atoms with Gasteiger partial charge in [-0.1, -0.05) is 50.3 Å². The number of hydrogen-bond donors (Lipinski definition) is 0. The number of hydrogen-bond acceptors (Lipinski definition) is 7. The van der Waals surface area contributed by atoms with E-state index in [-0.39, 0.29) is 0 Å². The van der Waals surface area contributed by atoms with Crippen molar-refractivity contribution in [3.63, 3.8) is 0 Å². The second kappa shape index (κ2) is 15.4. The van der Waals surface area contributed by atoms with E-state index in [0.717, 1.165) is 66.4 Å². The molecule has 0 fully saturated rings. The Morgan fingerprint density at radius 1 is 0.915 bits per heavy atom. The summed E-state index contributed by atoms with van der Waals surface area (Å²) in [6, 6.07) is 24.4. The van der Waals surface area contributed by atoms with Gasteiger partial charge in [0.05, 0.1) is 0 Å². The van der Waals surface area contributed by atoms with Crippen LogP contribution >= 0.6 is 11.3 Å². The highest BCUT2D eigenvalue weighted by Gasteiger charge is 2.60. The molecule has 3 aromatic rings. The Morgan fingerprint density at radius 3 is 2.13 bits per heavy atom. The standard InChI is InChI=1S/C37H33F3N4O2S/c1-4-19-44(20-5-2)29-13-11-27(34(21-29)45-25-26-9-7-6-8-10-26)12-14-30-15-16-31(47-30)17-18-33-32(24-43)35(28(22-41)23-42)46-36(33,3)37(38,39)40/h6-18,21H,4-5,19-20,25H2,1-3H3/b14-12+,18-17+. The van der Waals surface area contributed by atoms with Crippen LogP contribution in [-0.4, -0.2) is 24.9 Å². The molecule has 47 heavy (non-hydrogen) atoms. The van der Waals surface area contributed by atoms with Gasteiger partial charge in [-0.25, -0.2) is 0 Å². The van der Waals surface area contributed by atoms with Crippen LogP contribution in [0.4, 0.5) is 18.9 Å². The van der Waals surface area contributed by atoms with Gasteiger partial charge in [-0.05, 0) is 67.8 Å². The highest BCUT2D eigenvalue weighted by molar-refractivity contribution is 7.13. The molecule has 2 heterocycles. The normalized spacial score (nSPS) is 16.2. The van der Waals surface area contributed by atoms with Crippen LogP contribution in [-0.2, 0) is 11.3 Å². The van der Waals surface area contributed by atoms with Crippen molar-refractivity contribution in [1.29, 1.82) is 15.8 Å². The molecule has 240 valence electrons. The van der Waals surface area contributed by atoms with E-state index < -0.39 is 34.3 Å². The van der Waals surface area contributed by atoms with Crippen molar-refractivity contribution in [2.24, 2.45) is 0 Å². The third-order valence-corrected chi connectivity index (χ3v) is 8.51. The van der Waals surface area contributed by atoms with Gasteiger partial charge in [0.2, 0.25) is 5.60 Å². The van der Waals surface area contributed by atoms with E-state index >= 15 is 0 Å². The zero-order chi connectivity index (χ0) is 34.0. The number of nitrogens with zero attached hydrogens (tertiary/aromatic N) is 4. The summed E-state index contributed by atoms with van der Waals surface area (Å²) in [6.45, 7) is 7.36. The first-order valence-electron chi connectivity index (χ1n) is 15.1. The van der Waals surface area contributed by atoms with Gasteiger partial charge in [0.25, 0.3) is 0 Å². The average Bonchev–Trinajstić information content (AvgIpc) is 3.64. The molecule has 0 aliphatic carbocycles. The van der Waals surface area contributed by atoms with Crippen LogP contribution in [0.2, 0.25) is 0 Å². The van der Waals surface area contributed by atoms with E-state index in [1.54, 1.807) is 12.1 Å². The zero-order valence-electron chi connectivity index (χ0n) is 26.3. The lowest BCUT2D eigenvalue weighted by Crippen LogP contribution is -2.43. The second-order valence-corrected chi connectivity index (χ2v) is 12.0. The molecule has 1 aliphatic rings. The first-order valence-corrected chi connectivity index (χ1v) is 15.9. The summed E-state index contributed by atoms with van der Waals surface area (Å²) in [6.07, 6.45) is 3.60.